The molecular formula is C15H20N4O5. The number of rotatable bonds is 5. The summed E-state index contributed by atoms with van der Waals surface area (Å²) >= 11 is 0. The molecule has 3 N–H and O–H groups in total. The summed E-state index contributed by atoms with van der Waals surface area (Å²) in [6.07, 6.45) is 0.738. The van der Waals surface area contributed by atoms with Crippen molar-refractivity contribution >= 4 is 17.6 Å². The molecule has 0 radical (unpaired) electrons. The van der Waals surface area contributed by atoms with E-state index in [2.05, 4.69) is 15.4 Å². The number of nitrogens with one attached hydrogen (secondary N) is 2. The van der Waals surface area contributed by atoms with Gasteiger partial charge in [0.25, 0.3) is 5.56 Å². The average Bonchev–Trinajstić information content (AvgIpc) is 2.90. The van der Waals surface area contributed by atoms with E-state index in [4.69, 9.17) is 9.84 Å². The van der Waals surface area contributed by atoms with Crippen LogP contribution in [0, 0.1) is 0 Å². The zero-order valence-corrected chi connectivity index (χ0v) is 13.7. The van der Waals surface area contributed by atoms with E-state index in [1.807, 2.05) is 0 Å². The van der Waals surface area contributed by atoms with E-state index in [0.717, 1.165) is 0 Å². The minimum absolute atomic E-state index is 0.0598. The topological polar surface area (TPSA) is 126 Å². The van der Waals surface area contributed by atoms with Crippen LogP contribution in [0.5, 0.6) is 0 Å². The molecule has 2 rings (SSSR count). The molecule has 2 heterocycles. The Morgan fingerprint density at radius 2 is 2.17 bits per heavy atom. The highest BCUT2D eigenvalue weighted by molar-refractivity contribution is 5.69. The van der Waals surface area contributed by atoms with Gasteiger partial charge in [-0.1, -0.05) is 0 Å². The molecule has 2 aromatic heterocycles. The number of alkyl carbamates (subject to hydrolysis) is 1. The van der Waals surface area contributed by atoms with Gasteiger partial charge in [0, 0.05) is 12.6 Å². The van der Waals surface area contributed by atoms with Crippen LogP contribution in [0.25, 0.3) is 5.52 Å². The number of aromatic amines is 1. The first kappa shape index (κ1) is 17.5. The lowest BCUT2D eigenvalue weighted by atomic mass is 10.1. The number of amides is 1. The van der Waals surface area contributed by atoms with Gasteiger partial charge in [0.05, 0.1) is 6.04 Å². The number of fused-ring (bicyclic) bond motifs is 1. The summed E-state index contributed by atoms with van der Waals surface area (Å²) in [5.74, 6) is -0.855. The molecule has 24 heavy (non-hydrogen) atoms. The minimum Gasteiger partial charge on any atom is -0.481 e. The zero-order chi connectivity index (χ0) is 17.9. The van der Waals surface area contributed by atoms with Crippen molar-refractivity contribution in [2.75, 3.05) is 0 Å². The largest absolute Gasteiger partial charge is 0.481 e. The maximum Gasteiger partial charge on any atom is 0.408 e. The molecule has 0 aliphatic carbocycles. The van der Waals surface area contributed by atoms with Crippen molar-refractivity contribution in [3.05, 3.63) is 34.5 Å². The van der Waals surface area contributed by atoms with Gasteiger partial charge in [-0.3, -0.25) is 9.59 Å². The fraction of sp³-hybridized carbons (Fsp3) is 0.467. The van der Waals surface area contributed by atoms with E-state index in [0.29, 0.717) is 5.52 Å². The van der Waals surface area contributed by atoms with Crippen LogP contribution in [-0.2, 0) is 9.53 Å². The fourth-order valence-corrected chi connectivity index (χ4v) is 2.11. The standard InChI is InChI=1S/C15H20N4O5/c1-15(2,3)24-14(23)16-9(6-7-11(20)21)12-17-13(22)10-5-4-8-19(10)18-12/h4-5,8-9H,6-7H2,1-3H3,(H,16,23)(H,20,21)(H,17,18,22)/t9-/m0/s1. The van der Waals surface area contributed by atoms with E-state index in [1.165, 1.54) is 4.52 Å². The molecule has 0 aliphatic heterocycles. The Labute approximate surface area is 137 Å². The summed E-state index contributed by atoms with van der Waals surface area (Å²) in [5.41, 5.74) is -0.726. The number of carboxylic acid groups (broad SMARTS) is 1. The second-order valence-corrected chi connectivity index (χ2v) is 6.31. The van der Waals surface area contributed by atoms with Crippen LogP contribution in [0.2, 0.25) is 0 Å². The number of carbonyl (C=O) groups excluding carboxylic acids is 1. The molecule has 1 atom stereocenters. The average molecular weight is 336 g/mol. The minimum atomic E-state index is -1.02. The Morgan fingerprint density at radius 3 is 2.79 bits per heavy atom. The van der Waals surface area contributed by atoms with E-state index < -0.39 is 23.7 Å². The van der Waals surface area contributed by atoms with E-state index in [9.17, 15) is 14.4 Å². The maximum atomic E-state index is 12.0. The van der Waals surface area contributed by atoms with Crippen molar-refractivity contribution < 1.29 is 19.4 Å². The molecule has 9 heteroatoms. The van der Waals surface area contributed by atoms with Gasteiger partial charge in [-0.2, -0.15) is 5.10 Å². The summed E-state index contributed by atoms with van der Waals surface area (Å²) in [6, 6.07) is 2.47. The monoisotopic (exact) mass is 336 g/mol. The van der Waals surface area contributed by atoms with Gasteiger partial charge < -0.3 is 20.1 Å². The first-order chi connectivity index (χ1) is 11.2. The normalized spacial score (nSPS) is 12.8. The molecule has 0 unspecified atom stereocenters. The van der Waals surface area contributed by atoms with Crippen molar-refractivity contribution in [2.24, 2.45) is 0 Å². The Morgan fingerprint density at radius 1 is 1.46 bits per heavy atom. The molecule has 2 aromatic rings. The Bertz CT molecular complexity index is 802. The summed E-state index contributed by atoms with van der Waals surface area (Å²) < 4.78 is 6.55. The second kappa shape index (κ2) is 6.73. The predicted octanol–water partition coefficient (Wildman–Crippen LogP) is 1.45. The van der Waals surface area contributed by atoms with Crippen LogP contribution in [0.3, 0.4) is 0 Å². The highest BCUT2D eigenvalue weighted by Gasteiger charge is 2.23. The number of carboxylic acids is 1. The van der Waals surface area contributed by atoms with Crippen molar-refractivity contribution in [1.82, 2.24) is 19.9 Å². The van der Waals surface area contributed by atoms with Gasteiger partial charge in [0.2, 0.25) is 0 Å². The smallest absolute Gasteiger partial charge is 0.408 e. The van der Waals surface area contributed by atoms with Crippen LogP contribution >= 0.6 is 0 Å². The predicted molar refractivity (Wildman–Crippen MR) is 84.8 cm³/mol. The van der Waals surface area contributed by atoms with Crippen molar-refractivity contribution in [3.8, 4) is 0 Å². The number of nitrogens with zero attached hydrogens (tertiary/aromatic N) is 2. The Balaban J connectivity index is 2.28. The molecule has 0 fully saturated rings. The number of hydrogen-bond acceptors (Lipinski definition) is 5. The van der Waals surface area contributed by atoms with Crippen LogP contribution in [0.4, 0.5) is 4.79 Å². The van der Waals surface area contributed by atoms with Gasteiger partial charge in [-0.25, -0.2) is 9.31 Å². The number of ether oxygens (including phenoxy) is 1. The van der Waals surface area contributed by atoms with Crippen molar-refractivity contribution in [2.45, 2.75) is 45.3 Å². The van der Waals surface area contributed by atoms with Gasteiger partial charge in [-0.15, -0.1) is 0 Å². The molecule has 0 aromatic carbocycles. The Hall–Kier alpha value is -2.84. The maximum absolute atomic E-state index is 12.0. The molecule has 130 valence electrons. The van der Waals surface area contributed by atoms with E-state index in [1.54, 1.807) is 39.1 Å². The molecule has 0 spiro atoms. The fourth-order valence-electron chi connectivity index (χ4n) is 2.11. The van der Waals surface area contributed by atoms with Gasteiger partial charge >= 0.3 is 12.1 Å². The first-order valence-electron chi connectivity index (χ1n) is 7.44. The third-order valence-electron chi connectivity index (χ3n) is 3.09. The van der Waals surface area contributed by atoms with Gasteiger partial charge in [0.1, 0.15) is 11.1 Å². The van der Waals surface area contributed by atoms with Crippen molar-refractivity contribution in [1.29, 1.82) is 0 Å². The lowest BCUT2D eigenvalue weighted by Crippen LogP contribution is -2.36. The van der Waals surface area contributed by atoms with Crippen LogP contribution in [0.1, 0.15) is 45.5 Å². The van der Waals surface area contributed by atoms with E-state index >= 15 is 0 Å². The third-order valence-corrected chi connectivity index (χ3v) is 3.09. The van der Waals surface area contributed by atoms with Crippen LogP contribution in [-0.4, -0.2) is 37.4 Å². The third kappa shape index (κ3) is 4.58. The molecule has 0 bridgehead atoms. The number of carbonyl (C=O) groups is 2. The highest BCUT2D eigenvalue weighted by Crippen LogP contribution is 2.16. The Kier molecular flexibility index (Phi) is 4.91. The number of aromatic nitrogens is 3. The van der Waals surface area contributed by atoms with Gasteiger partial charge in [0.15, 0.2) is 5.82 Å². The summed E-state index contributed by atoms with van der Waals surface area (Å²) in [5, 5.41) is 15.7. The number of H-pyrrole nitrogens is 1. The van der Waals surface area contributed by atoms with E-state index in [-0.39, 0.29) is 24.2 Å². The molecule has 0 saturated heterocycles. The molecule has 1 amide bonds. The quantitative estimate of drug-likeness (QED) is 0.759. The van der Waals surface area contributed by atoms with Crippen molar-refractivity contribution in [3.63, 3.8) is 0 Å². The van der Waals surface area contributed by atoms with Gasteiger partial charge in [-0.05, 0) is 39.3 Å². The molecular weight excluding hydrogens is 316 g/mol. The molecule has 0 saturated carbocycles. The second-order valence-electron chi connectivity index (χ2n) is 6.31. The molecule has 9 nitrogen and oxygen atoms in total. The highest BCUT2D eigenvalue weighted by atomic mass is 16.6. The lowest BCUT2D eigenvalue weighted by Gasteiger charge is -2.23. The number of aliphatic carboxylic acids is 1. The number of hydrogen-bond donors (Lipinski definition) is 3. The summed E-state index contributed by atoms with van der Waals surface area (Å²) in [7, 11) is 0. The summed E-state index contributed by atoms with van der Waals surface area (Å²) in [6.45, 7) is 5.14. The summed E-state index contributed by atoms with van der Waals surface area (Å²) in [4.78, 5) is 37.4. The zero-order valence-electron chi connectivity index (χ0n) is 13.7. The molecule has 0 aliphatic rings. The lowest BCUT2D eigenvalue weighted by molar-refractivity contribution is -0.137. The first-order valence-corrected chi connectivity index (χ1v) is 7.44. The SMILES string of the molecule is CC(C)(C)OC(=O)N[C@@H](CCC(=O)O)c1nn2cccc2c(=O)[nH]1. The van der Waals surface area contributed by atoms with Crippen LogP contribution in [0.15, 0.2) is 23.1 Å². The van der Waals surface area contributed by atoms with Crippen LogP contribution < -0.4 is 10.9 Å².